The molecule has 3 aromatic heterocycles. The molecule has 1 N–H and O–H groups in total. The minimum atomic E-state index is -0.416. The first-order chi connectivity index (χ1) is 12.4. The SMILES string of the molecule is CC(=O)Nc1cc2c(-c3ccc(=O)n(C4(C)COC4)n3)cn(C)c2cn1. The number of nitrogens with one attached hydrogen (secondary N) is 1. The molecule has 1 fully saturated rings. The minimum Gasteiger partial charge on any atom is -0.376 e. The number of anilines is 1. The molecule has 0 atom stereocenters. The Morgan fingerprint density at radius 1 is 1.35 bits per heavy atom. The maximum atomic E-state index is 12.3. The Morgan fingerprint density at radius 3 is 2.77 bits per heavy atom. The van der Waals surface area contributed by atoms with Crippen molar-refractivity contribution in [2.75, 3.05) is 18.5 Å². The molecule has 8 heteroatoms. The highest BCUT2D eigenvalue weighted by atomic mass is 16.5. The number of carbonyl (C=O) groups excluding carboxylic acids is 1. The Balaban J connectivity index is 1.87. The number of fused-ring (bicyclic) bond motifs is 1. The predicted octanol–water partition coefficient (Wildman–Crippen LogP) is 1.50. The first kappa shape index (κ1) is 16.5. The van der Waals surface area contributed by atoms with Gasteiger partial charge in [0, 0.05) is 37.2 Å². The normalized spacial score (nSPS) is 15.7. The van der Waals surface area contributed by atoms with Crippen molar-refractivity contribution in [3.8, 4) is 11.3 Å². The van der Waals surface area contributed by atoms with Gasteiger partial charge in [-0.2, -0.15) is 5.10 Å². The Labute approximate surface area is 149 Å². The van der Waals surface area contributed by atoms with Crippen molar-refractivity contribution in [3.05, 3.63) is 40.9 Å². The molecule has 134 valence electrons. The second kappa shape index (κ2) is 5.77. The molecule has 0 unspecified atom stereocenters. The molecule has 0 saturated carbocycles. The predicted molar refractivity (Wildman–Crippen MR) is 97.0 cm³/mol. The number of pyridine rings is 1. The van der Waals surface area contributed by atoms with Crippen LogP contribution in [0.15, 0.2) is 35.4 Å². The molecule has 1 saturated heterocycles. The Bertz CT molecular complexity index is 1080. The molecule has 0 bridgehead atoms. The van der Waals surface area contributed by atoms with Gasteiger partial charge in [-0.3, -0.25) is 9.59 Å². The van der Waals surface area contributed by atoms with Crippen LogP contribution in [0.4, 0.5) is 5.82 Å². The molecule has 3 aromatic rings. The topological polar surface area (TPSA) is 91.0 Å². The van der Waals surface area contributed by atoms with Crippen LogP contribution in [0.1, 0.15) is 13.8 Å². The number of aromatic nitrogens is 4. The summed E-state index contributed by atoms with van der Waals surface area (Å²) in [5.74, 6) is 0.295. The number of carbonyl (C=O) groups is 1. The van der Waals surface area contributed by atoms with Gasteiger partial charge in [-0.1, -0.05) is 0 Å². The van der Waals surface area contributed by atoms with E-state index in [1.54, 1.807) is 12.3 Å². The first-order valence-corrected chi connectivity index (χ1v) is 8.29. The van der Waals surface area contributed by atoms with Gasteiger partial charge in [0.1, 0.15) is 11.4 Å². The number of hydrogen-bond donors (Lipinski definition) is 1. The number of hydrogen-bond acceptors (Lipinski definition) is 5. The van der Waals surface area contributed by atoms with Crippen molar-refractivity contribution in [3.63, 3.8) is 0 Å². The second-order valence-electron chi connectivity index (χ2n) is 6.88. The lowest BCUT2D eigenvalue weighted by atomic mass is 10.0. The number of amides is 1. The molecule has 8 nitrogen and oxygen atoms in total. The largest absolute Gasteiger partial charge is 0.376 e. The zero-order valence-corrected chi connectivity index (χ0v) is 14.8. The standard InChI is InChI=1S/C18H19N5O3/c1-11(24)20-16-6-12-13(8-22(3)15(12)7-19-16)14-4-5-17(25)23(21-14)18(2)9-26-10-18/h4-8H,9-10H2,1-3H3,(H,19,20,24). The van der Waals surface area contributed by atoms with Crippen LogP contribution in [-0.2, 0) is 22.1 Å². The summed E-state index contributed by atoms with van der Waals surface area (Å²) < 4.78 is 8.71. The van der Waals surface area contributed by atoms with Crippen molar-refractivity contribution in [2.45, 2.75) is 19.4 Å². The van der Waals surface area contributed by atoms with Crippen LogP contribution in [0.2, 0.25) is 0 Å². The van der Waals surface area contributed by atoms with Crippen LogP contribution in [0.5, 0.6) is 0 Å². The fraction of sp³-hybridized carbons (Fsp3) is 0.333. The summed E-state index contributed by atoms with van der Waals surface area (Å²) in [6, 6.07) is 5.06. The van der Waals surface area contributed by atoms with Crippen molar-refractivity contribution in [2.24, 2.45) is 7.05 Å². The summed E-state index contributed by atoms with van der Waals surface area (Å²) in [6.45, 7) is 4.33. The lowest BCUT2D eigenvalue weighted by Gasteiger charge is -2.38. The summed E-state index contributed by atoms with van der Waals surface area (Å²) in [4.78, 5) is 27.9. The van der Waals surface area contributed by atoms with E-state index in [0.29, 0.717) is 24.7 Å². The number of aryl methyl sites for hydroxylation is 1. The third-order valence-electron chi connectivity index (χ3n) is 4.59. The van der Waals surface area contributed by atoms with E-state index in [0.717, 1.165) is 16.5 Å². The summed E-state index contributed by atoms with van der Waals surface area (Å²) in [5, 5.41) is 8.19. The number of nitrogens with zero attached hydrogens (tertiary/aromatic N) is 4. The van der Waals surface area contributed by atoms with Gasteiger partial charge in [-0.15, -0.1) is 0 Å². The van der Waals surface area contributed by atoms with E-state index >= 15 is 0 Å². The monoisotopic (exact) mass is 353 g/mol. The van der Waals surface area contributed by atoms with Gasteiger partial charge in [-0.05, 0) is 19.1 Å². The van der Waals surface area contributed by atoms with Gasteiger partial charge in [-0.25, -0.2) is 9.67 Å². The van der Waals surface area contributed by atoms with Gasteiger partial charge in [0.2, 0.25) is 5.91 Å². The minimum absolute atomic E-state index is 0.152. The van der Waals surface area contributed by atoms with E-state index in [-0.39, 0.29) is 11.5 Å². The van der Waals surface area contributed by atoms with E-state index in [1.807, 2.05) is 30.8 Å². The van der Waals surface area contributed by atoms with Crippen LogP contribution in [0.3, 0.4) is 0 Å². The lowest BCUT2D eigenvalue weighted by molar-refractivity contribution is -0.114. The third kappa shape index (κ3) is 2.59. The average molecular weight is 353 g/mol. The van der Waals surface area contributed by atoms with Crippen LogP contribution < -0.4 is 10.9 Å². The van der Waals surface area contributed by atoms with Gasteiger partial charge >= 0.3 is 0 Å². The van der Waals surface area contributed by atoms with E-state index in [9.17, 15) is 9.59 Å². The molecular weight excluding hydrogens is 334 g/mol. The molecule has 1 aliphatic heterocycles. The van der Waals surface area contributed by atoms with E-state index in [2.05, 4.69) is 15.4 Å². The molecule has 0 aromatic carbocycles. The number of rotatable bonds is 3. The molecule has 1 aliphatic rings. The third-order valence-corrected chi connectivity index (χ3v) is 4.59. The van der Waals surface area contributed by atoms with Gasteiger partial charge < -0.3 is 14.6 Å². The molecule has 0 spiro atoms. The van der Waals surface area contributed by atoms with Gasteiger partial charge in [0.05, 0.1) is 30.6 Å². The smallest absolute Gasteiger partial charge is 0.267 e. The van der Waals surface area contributed by atoms with Crippen LogP contribution in [0, 0.1) is 0 Å². The zero-order valence-electron chi connectivity index (χ0n) is 14.8. The van der Waals surface area contributed by atoms with Crippen molar-refractivity contribution < 1.29 is 9.53 Å². The van der Waals surface area contributed by atoms with Crippen molar-refractivity contribution >= 4 is 22.6 Å². The zero-order chi connectivity index (χ0) is 18.5. The highest BCUT2D eigenvalue weighted by Crippen LogP contribution is 2.31. The summed E-state index contributed by atoms with van der Waals surface area (Å²) in [5.41, 5.74) is 1.89. The fourth-order valence-electron chi connectivity index (χ4n) is 3.19. The maximum absolute atomic E-state index is 12.3. The average Bonchev–Trinajstić information content (AvgIpc) is 2.89. The quantitative estimate of drug-likeness (QED) is 0.770. The van der Waals surface area contributed by atoms with E-state index < -0.39 is 5.54 Å². The highest BCUT2D eigenvalue weighted by molar-refractivity contribution is 5.98. The molecule has 0 radical (unpaired) electrons. The van der Waals surface area contributed by atoms with Crippen molar-refractivity contribution in [1.29, 1.82) is 0 Å². The molecule has 4 heterocycles. The van der Waals surface area contributed by atoms with E-state index in [4.69, 9.17) is 4.74 Å². The van der Waals surface area contributed by atoms with Crippen LogP contribution in [-0.4, -0.2) is 38.5 Å². The first-order valence-electron chi connectivity index (χ1n) is 8.29. The molecule has 0 aliphatic carbocycles. The molecule has 4 rings (SSSR count). The van der Waals surface area contributed by atoms with Crippen molar-refractivity contribution in [1.82, 2.24) is 19.3 Å². The van der Waals surface area contributed by atoms with Crippen LogP contribution >= 0.6 is 0 Å². The molecule has 1 amide bonds. The Hall–Kier alpha value is -3.00. The Kier molecular flexibility index (Phi) is 3.66. The fourth-order valence-corrected chi connectivity index (χ4v) is 3.19. The summed E-state index contributed by atoms with van der Waals surface area (Å²) in [6.07, 6.45) is 3.65. The maximum Gasteiger partial charge on any atom is 0.267 e. The van der Waals surface area contributed by atoms with Crippen LogP contribution in [0.25, 0.3) is 22.2 Å². The highest BCUT2D eigenvalue weighted by Gasteiger charge is 2.37. The molecule has 26 heavy (non-hydrogen) atoms. The summed E-state index contributed by atoms with van der Waals surface area (Å²) >= 11 is 0. The van der Waals surface area contributed by atoms with E-state index in [1.165, 1.54) is 17.7 Å². The van der Waals surface area contributed by atoms with Gasteiger partial charge in [0.25, 0.3) is 5.56 Å². The summed E-state index contributed by atoms with van der Waals surface area (Å²) in [7, 11) is 1.92. The lowest BCUT2D eigenvalue weighted by Crippen LogP contribution is -2.54. The Morgan fingerprint density at radius 2 is 2.12 bits per heavy atom. The number of ether oxygens (including phenoxy) is 1. The van der Waals surface area contributed by atoms with Gasteiger partial charge in [0.15, 0.2) is 0 Å². The molecular formula is C18H19N5O3. The second-order valence-corrected chi connectivity index (χ2v) is 6.88.